The lowest BCUT2D eigenvalue weighted by atomic mass is 10.1. The van der Waals surface area contributed by atoms with Crippen molar-refractivity contribution in [2.24, 2.45) is 0 Å². The summed E-state index contributed by atoms with van der Waals surface area (Å²) in [6.07, 6.45) is 2.17. The van der Waals surface area contributed by atoms with Gasteiger partial charge in [0, 0.05) is 0 Å². The molecule has 0 bridgehead atoms. The maximum Gasteiger partial charge on any atom is 0.328 e. The molecule has 2 N–H and O–H groups in total. The molecule has 0 unspecified atom stereocenters. The quantitative estimate of drug-likeness (QED) is 0.489. The van der Waals surface area contributed by atoms with E-state index in [0.717, 1.165) is 6.20 Å². The van der Waals surface area contributed by atoms with Crippen LogP contribution < -0.4 is 15.4 Å². The van der Waals surface area contributed by atoms with E-state index in [4.69, 9.17) is 16.3 Å². The second-order valence-electron chi connectivity index (χ2n) is 4.76. The number of hydrogen-bond acceptors (Lipinski definition) is 6. The minimum Gasteiger partial charge on any atom is -0.436 e. The number of benzene rings is 1. The first-order valence-corrected chi connectivity index (χ1v) is 7.14. The van der Waals surface area contributed by atoms with Crippen molar-refractivity contribution in [3.05, 3.63) is 52.7 Å². The van der Waals surface area contributed by atoms with Gasteiger partial charge in [-0.15, -0.1) is 0 Å². The van der Waals surface area contributed by atoms with Gasteiger partial charge >= 0.3 is 6.03 Å². The molecule has 1 aromatic carbocycles. The van der Waals surface area contributed by atoms with E-state index < -0.39 is 23.7 Å². The Morgan fingerprint density at radius 2 is 1.72 bits per heavy atom. The Kier molecular flexibility index (Phi) is 4.40. The van der Waals surface area contributed by atoms with Crippen LogP contribution in [0.4, 0.5) is 9.18 Å². The van der Waals surface area contributed by atoms with E-state index in [2.05, 4.69) is 9.97 Å². The maximum atomic E-state index is 13.5. The van der Waals surface area contributed by atoms with Crippen molar-refractivity contribution in [2.45, 2.75) is 0 Å². The van der Waals surface area contributed by atoms with Crippen LogP contribution in [0.25, 0.3) is 6.08 Å². The minimum absolute atomic E-state index is 0.165. The Hall–Kier alpha value is -3.33. The number of hydrogen-bond donors (Lipinski definition) is 2. The van der Waals surface area contributed by atoms with Crippen molar-refractivity contribution in [2.75, 3.05) is 0 Å². The SMILES string of the molecule is O=C1NC(=O)C(=Cc2ccc(Oc3nc(Cl)ncc3F)cc2)C(=O)N1. The first-order chi connectivity index (χ1) is 11.9. The number of carbonyl (C=O) groups is 3. The summed E-state index contributed by atoms with van der Waals surface area (Å²) in [6, 6.07) is 5.14. The highest BCUT2D eigenvalue weighted by Gasteiger charge is 2.27. The summed E-state index contributed by atoms with van der Waals surface area (Å²) in [5, 5.41) is 3.76. The summed E-state index contributed by atoms with van der Waals surface area (Å²) in [5.74, 6) is -2.46. The van der Waals surface area contributed by atoms with Gasteiger partial charge in [0.05, 0.1) is 6.20 Å². The molecule has 0 saturated carbocycles. The molecule has 2 aromatic rings. The van der Waals surface area contributed by atoms with Crippen LogP contribution in [0.1, 0.15) is 5.56 Å². The topological polar surface area (TPSA) is 110 Å². The van der Waals surface area contributed by atoms with E-state index in [1.165, 1.54) is 30.3 Å². The van der Waals surface area contributed by atoms with Crippen LogP contribution in [-0.4, -0.2) is 27.8 Å². The number of carbonyl (C=O) groups excluding carboxylic acids is 3. The summed E-state index contributed by atoms with van der Waals surface area (Å²) >= 11 is 5.58. The first-order valence-electron chi connectivity index (χ1n) is 6.76. The zero-order valence-corrected chi connectivity index (χ0v) is 13.0. The lowest BCUT2D eigenvalue weighted by Gasteiger charge is -2.13. The molecule has 25 heavy (non-hydrogen) atoms. The third-order valence-electron chi connectivity index (χ3n) is 3.03. The fourth-order valence-electron chi connectivity index (χ4n) is 1.92. The van der Waals surface area contributed by atoms with Gasteiger partial charge in [0.1, 0.15) is 11.3 Å². The Bertz CT molecular complexity index is 892. The molecule has 10 heteroatoms. The summed E-state index contributed by atoms with van der Waals surface area (Å²) in [7, 11) is 0. The van der Waals surface area contributed by atoms with Crippen molar-refractivity contribution < 1.29 is 23.5 Å². The number of rotatable bonds is 3. The van der Waals surface area contributed by atoms with Gasteiger partial charge in [-0.05, 0) is 35.4 Å². The normalized spacial score (nSPS) is 14.0. The van der Waals surface area contributed by atoms with Gasteiger partial charge in [-0.1, -0.05) is 12.1 Å². The van der Waals surface area contributed by atoms with Gasteiger partial charge in [0.25, 0.3) is 17.7 Å². The molecule has 0 spiro atoms. The van der Waals surface area contributed by atoms with Gasteiger partial charge in [0.15, 0.2) is 0 Å². The highest BCUT2D eigenvalue weighted by atomic mass is 35.5. The Morgan fingerprint density at radius 1 is 1.08 bits per heavy atom. The average Bonchev–Trinajstić information content (AvgIpc) is 2.56. The first kappa shape index (κ1) is 16.5. The van der Waals surface area contributed by atoms with Crippen molar-refractivity contribution in [1.29, 1.82) is 0 Å². The molecule has 0 radical (unpaired) electrons. The zero-order chi connectivity index (χ0) is 18.0. The third kappa shape index (κ3) is 3.78. The van der Waals surface area contributed by atoms with Crippen LogP contribution in [0.15, 0.2) is 36.0 Å². The van der Waals surface area contributed by atoms with E-state index in [1.54, 1.807) is 0 Å². The molecule has 1 aromatic heterocycles. The molecule has 3 rings (SSSR count). The van der Waals surface area contributed by atoms with E-state index in [1.807, 2.05) is 10.6 Å². The standard InChI is InChI=1S/C15H8ClFN4O4/c16-14-18-6-10(17)13(21-14)25-8-3-1-7(2-4-8)5-9-11(22)19-15(24)20-12(9)23/h1-6H,(H2,19,20,22,23,24). The largest absolute Gasteiger partial charge is 0.436 e. The second kappa shape index (κ2) is 6.65. The average molecular weight is 363 g/mol. The fourth-order valence-corrected chi connectivity index (χ4v) is 2.05. The van der Waals surface area contributed by atoms with E-state index in [-0.39, 0.29) is 22.5 Å². The minimum atomic E-state index is -0.874. The Labute approximate surface area is 144 Å². The molecule has 126 valence electrons. The molecule has 1 fully saturated rings. The molecule has 1 aliphatic heterocycles. The summed E-state index contributed by atoms with van der Waals surface area (Å²) < 4.78 is 18.8. The smallest absolute Gasteiger partial charge is 0.328 e. The Morgan fingerprint density at radius 3 is 2.36 bits per heavy atom. The van der Waals surface area contributed by atoms with E-state index in [9.17, 15) is 18.8 Å². The molecule has 0 atom stereocenters. The van der Waals surface area contributed by atoms with Gasteiger partial charge < -0.3 is 4.74 Å². The van der Waals surface area contributed by atoms with E-state index in [0.29, 0.717) is 5.56 Å². The number of aromatic nitrogens is 2. The van der Waals surface area contributed by atoms with Crippen LogP contribution in [0, 0.1) is 5.82 Å². The number of imide groups is 2. The highest BCUT2D eigenvalue weighted by molar-refractivity contribution is 6.31. The molecule has 8 nitrogen and oxygen atoms in total. The number of barbiturate groups is 1. The molecule has 2 heterocycles. The molecule has 1 aliphatic rings. The number of halogens is 2. The molecule has 0 aliphatic carbocycles. The van der Waals surface area contributed by atoms with Crippen molar-refractivity contribution in [3.63, 3.8) is 0 Å². The van der Waals surface area contributed by atoms with Crippen LogP contribution >= 0.6 is 11.6 Å². The lowest BCUT2D eigenvalue weighted by Crippen LogP contribution is -2.51. The number of ether oxygens (including phenoxy) is 1. The van der Waals surface area contributed by atoms with Crippen LogP contribution in [-0.2, 0) is 9.59 Å². The molecular formula is C15H8ClFN4O4. The van der Waals surface area contributed by atoms with Crippen LogP contribution in [0.3, 0.4) is 0 Å². The lowest BCUT2D eigenvalue weighted by molar-refractivity contribution is -0.123. The molecular weight excluding hydrogens is 355 g/mol. The number of amides is 4. The monoisotopic (exact) mass is 362 g/mol. The fraction of sp³-hybridized carbons (Fsp3) is 0. The zero-order valence-electron chi connectivity index (χ0n) is 12.2. The van der Waals surface area contributed by atoms with Crippen molar-refractivity contribution in [3.8, 4) is 11.6 Å². The molecule has 1 saturated heterocycles. The number of nitrogens with zero attached hydrogens (tertiary/aromatic N) is 2. The third-order valence-corrected chi connectivity index (χ3v) is 3.21. The predicted molar refractivity (Wildman–Crippen MR) is 83.2 cm³/mol. The number of urea groups is 1. The van der Waals surface area contributed by atoms with Gasteiger partial charge in [-0.2, -0.15) is 9.37 Å². The van der Waals surface area contributed by atoms with Crippen molar-refractivity contribution >= 4 is 35.5 Å². The van der Waals surface area contributed by atoms with Gasteiger partial charge in [0.2, 0.25) is 11.1 Å². The Balaban J connectivity index is 1.79. The summed E-state index contributed by atoms with van der Waals surface area (Å²) in [4.78, 5) is 41.4. The van der Waals surface area contributed by atoms with Crippen molar-refractivity contribution in [1.82, 2.24) is 20.6 Å². The summed E-state index contributed by atoms with van der Waals surface area (Å²) in [6.45, 7) is 0. The molecule has 4 amide bonds. The second-order valence-corrected chi connectivity index (χ2v) is 5.10. The predicted octanol–water partition coefficient (Wildman–Crippen LogP) is 1.81. The highest BCUT2D eigenvalue weighted by Crippen LogP contribution is 2.23. The number of nitrogens with one attached hydrogen (secondary N) is 2. The van der Waals surface area contributed by atoms with Crippen LogP contribution in [0.2, 0.25) is 5.28 Å². The van der Waals surface area contributed by atoms with E-state index >= 15 is 0 Å². The summed E-state index contributed by atoms with van der Waals surface area (Å²) in [5.41, 5.74) is 0.269. The van der Waals surface area contributed by atoms with Gasteiger partial charge in [-0.3, -0.25) is 20.2 Å². The van der Waals surface area contributed by atoms with Crippen LogP contribution in [0.5, 0.6) is 11.6 Å². The maximum absolute atomic E-state index is 13.5. The van der Waals surface area contributed by atoms with Gasteiger partial charge in [-0.25, -0.2) is 9.78 Å².